The van der Waals surface area contributed by atoms with Crippen molar-refractivity contribution in [3.05, 3.63) is 21.9 Å². The maximum atomic E-state index is 12.3. The van der Waals surface area contributed by atoms with Gasteiger partial charge in [0.2, 0.25) is 0 Å². The van der Waals surface area contributed by atoms with Gasteiger partial charge in [0.05, 0.1) is 10.4 Å². The van der Waals surface area contributed by atoms with Crippen LogP contribution in [0.15, 0.2) is 11.4 Å². The first-order valence-corrected chi connectivity index (χ1v) is 6.39. The Bertz CT molecular complexity index is 363. The second kappa shape index (κ2) is 4.06. The molecule has 82 valence electrons. The van der Waals surface area contributed by atoms with Crippen LogP contribution >= 0.6 is 11.3 Å². The predicted octanol–water partition coefficient (Wildman–Crippen LogP) is 2.90. The van der Waals surface area contributed by atoms with Gasteiger partial charge in [0.25, 0.3) is 0 Å². The van der Waals surface area contributed by atoms with Crippen LogP contribution in [-0.2, 0) is 0 Å². The van der Waals surface area contributed by atoms with Crippen molar-refractivity contribution in [1.29, 1.82) is 0 Å². The summed E-state index contributed by atoms with van der Waals surface area (Å²) in [5.74, 6) is 0.162. The normalized spacial score (nSPS) is 20.1. The highest BCUT2D eigenvalue weighted by atomic mass is 32.1. The number of nitrogens with two attached hydrogens (primary N) is 1. The molecule has 1 aromatic rings. The Morgan fingerprint density at radius 3 is 2.60 bits per heavy atom. The third kappa shape index (κ3) is 1.99. The summed E-state index contributed by atoms with van der Waals surface area (Å²) in [6.45, 7) is 1.98. The third-order valence-electron chi connectivity index (χ3n) is 3.27. The Labute approximate surface area is 94.5 Å². The largest absolute Gasteiger partial charge is 0.319 e. The lowest BCUT2D eigenvalue weighted by atomic mass is 9.78. The molecule has 0 bridgehead atoms. The molecule has 0 aliphatic heterocycles. The van der Waals surface area contributed by atoms with Crippen molar-refractivity contribution in [3.8, 4) is 0 Å². The molecule has 3 heteroatoms. The number of thiophene rings is 1. The quantitative estimate of drug-likeness (QED) is 0.783. The number of hydrogen-bond acceptors (Lipinski definition) is 3. The Morgan fingerprint density at radius 2 is 2.07 bits per heavy atom. The van der Waals surface area contributed by atoms with Crippen molar-refractivity contribution < 1.29 is 4.79 Å². The SMILES string of the molecule is Cc1ccsc1C(=O)C1(N)CCCCC1. The summed E-state index contributed by atoms with van der Waals surface area (Å²) in [5, 5.41) is 1.97. The molecule has 0 amide bonds. The van der Waals surface area contributed by atoms with E-state index >= 15 is 0 Å². The first-order valence-electron chi connectivity index (χ1n) is 5.51. The summed E-state index contributed by atoms with van der Waals surface area (Å²) in [5.41, 5.74) is 6.71. The number of carbonyl (C=O) groups is 1. The van der Waals surface area contributed by atoms with Crippen LogP contribution in [0.4, 0.5) is 0 Å². The van der Waals surface area contributed by atoms with Gasteiger partial charge in [-0.2, -0.15) is 0 Å². The highest BCUT2D eigenvalue weighted by Gasteiger charge is 2.36. The van der Waals surface area contributed by atoms with Gasteiger partial charge in [-0.05, 0) is 36.8 Å². The van der Waals surface area contributed by atoms with Crippen molar-refractivity contribution >= 4 is 17.1 Å². The number of hydrogen-bond donors (Lipinski definition) is 1. The molecule has 1 fully saturated rings. The molecule has 0 atom stereocenters. The molecule has 0 saturated heterocycles. The smallest absolute Gasteiger partial charge is 0.192 e. The summed E-state index contributed by atoms with van der Waals surface area (Å²) in [4.78, 5) is 13.1. The number of aryl methyl sites for hydroxylation is 1. The highest BCUT2D eigenvalue weighted by molar-refractivity contribution is 7.12. The Balaban J connectivity index is 2.23. The molecular formula is C12H17NOS. The van der Waals surface area contributed by atoms with Crippen LogP contribution in [0.3, 0.4) is 0 Å². The average molecular weight is 223 g/mol. The lowest BCUT2D eigenvalue weighted by Gasteiger charge is -2.31. The topological polar surface area (TPSA) is 43.1 Å². The van der Waals surface area contributed by atoms with E-state index in [4.69, 9.17) is 5.73 Å². The molecule has 0 spiro atoms. The molecule has 0 radical (unpaired) electrons. The van der Waals surface area contributed by atoms with E-state index in [0.717, 1.165) is 36.1 Å². The van der Waals surface area contributed by atoms with Gasteiger partial charge < -0.3 is 5.73 Å². The minimum atomic E-state index is -0.576. The van der Waals surface area contributed by atoms with Gasteiger partial charge in [0.15, 0.2) is 5.78 Å². The minimum absolute atomic E-state index is 0.162. The van der Waals surface area contributed by atoms with E-state index < -0.39 is 5.54 Å². The van der Waals surface area contributed by atoms with Crippen LogP contribution in [0.1, 0.15) is 47.3 Å². The van der Waals surface area contributed by atoms with E-state index in [1.165, 1.54) is 17.8 Å². The summed E-state index contributed by atoms with van der Waals surface area (Å²) < 4.78 is 0. The molecule has 1 saturated carbocycles. The number of carbonyl (C=O) groups excluding carboxylic acids is 1. The highest BCUT2D eigenvalue weighted by Crippen LogP contribution is 2.31. The van der Waals surface area contributed by atoms with Gasteiger partial charge in [0, 0.05) is 0 Å². The lowest BCUT2D eigenvalue weighted by molar-refractivity contribution is 0.0852. The van der Waals surface area contributed by atoms with Gasteiger partial charge in [-0.15, -0.1) is 11.3 Å². The number of Topliss-reactive ketones (excluding diaryl/α,β-unsaturated/α-hetero) is 1. The molecular weight excluding hydrogens is 206 g/mol. The van der Waals surface area contributed by atoms with E-state index in [1.807, 2.05) is 18.4 Å². The fourth-order valence-electron chi connectivity index (χ4n) is 2.24. The zero-order valence-electron chi connectivity index (χ0n) is 9.08. The summed E-state index contributed by atoms with van der Waals surface area (Å²) in [7, 11) is 0. The first-order chi connectivity index (χ1) is 7.13. The van der Waals surface area contributed by atoms with Crippen LogP contribution in [0.2, 0.25) is 0 Å². The van der Waals surface area contributed by atoms with Gasteiger partial charge in [0.1, 0.15) is 0 Å². The molecule has 1 aliphatic rings. The first kappa shape index (κ1) is 10.8. The van der Waals surface area contributed by atoms with Crippen molar-refractivity contribution in [2.45, 2.75) is 44.6 Å². The van der Waals surface area contributed by atoms with E-state index in [1.54, 1.807) is 0 Å². The maximum Gasteiger partial charge on any atom is 0.192 e. The van der Waals surface area contributed by atoms with Crippen LogP contribution < -0.4 is 5.73 Å². The van der Waals surface area contributed by atoms with Crippen LogP contribution in [0.5, 0.6) is 0 Å². The summed E-state index contributed by atoms with van der Waals surface area (Å²) in [6.07, 6.45) is 5.10. The predicted molar refractivity (Wildman–Crippen MR) is 63.4 cm³/mol. The molecule has 2 rings (SSSR count). The van der Waals surface area contributed by atoms with Gasteiger partial charge in [-0.1, -0.05) is 19.3 Å². The molecule has 0 unspecified atom stereocenters. The van der Waals surface area contributed by atoms with Crippen molar-refractivity contribution in [1.82, 2.24) is 0 Å². The Kier molecular flexibility index (Phi) is 2.94. The monoisotopic (exact) mass is 223 g/mol. The molecule has 1 aromatic heterocycles. The molecule has 15 heavy (non-hydrogen) atoms. The van der Waals surface area contributed by atoms with Gasteiger partial charge in [-0.3, -0.25) is 4.79 Å². The molecule has 2 N–H and O–H groups in total. The zero-order chi connectivity index (χ0) is 10.9. The Morgan fingerprint density at radius 1 is 1.40 bits per heavy atom. The second-order valence-corrected chi connectivity index (χ2v) is 5.39. The molecule has 1 aliphatic carbocycles. The van der Waals surface area contributed by atoms with Crippen LogP contribution in [0.25, 0.3) is 0 Å². The zero-order valence-corrected chi connectivity index (χ0v) is 9.90. The maximum absolute atomic E-state index is 12.3. The number of rotatable bonds is 2. The average Bonchev–Trinajstić information content (AvgIpc) is 2.64. The summed E-state index contributed by atoms with van der Waals surface area (Å²) in [6, 6.07) is 1.99. The van der Waals surface area contributed by atoms with Crippen molar-refractivity contribution in [2.75, 3.05) is 0 Å². The third-order valence-corrected chi connectivity index (χ3v) is 4.28. The van der Waals surface area contributed by atoms with Crippen LogP contribution in [-0.4, -0.2) is 11.3 Å². The van der Waals surface area contributed by atoms with Gasteiger partial charge in [-0.25, -0.2) is 0 Å². The van der Waals surface area contributed by atoms with E-state index in [-0.39, 0.29) is 5.78 Å². The summed E-state index contributed by atoms with van der Waals surface area (Å²) >= 11 is 1.52. The van der Waals surface area contributed by atoms with E-state index in [0.29, 0.717) is 0 Å². The molecule has 0 aromatic carbocycles. The van der Waals surface area contributed by atoms with E-state index in [2.05, 4.69) is 0 Å². The van der Waals surface area contributed by atoms with Crippen molar-refractivity contribution in [2.24, 2.45) is 5.73 Å². The molecule has 2 nitrogen and oxygen atoms in total. The standard InChI is InChI=1S/C12H17NOS/c1-9-5-8-15-10(9)11(14)12(13)6-3-2-4-7-12/h5,8H,2-4,6-7,13H2,1H3. The second-order valence-electron chi connectivity index (χ2n) is 4.48. The number of ketones is 1. The molecule has 1 heterocycles. The fourth-order valence-corrected chi connectivity index (χ4v) is 3.21. The van der Waals surface area contributed by atoms with Gasteiger partial charge >= 0.3 is 0 Å². The Hall–Kier alpha value is -0.670. The van der Waals surface area contributed by atoms with E-state index in [9.17, 15) is 4.79 Å². The lowest BCUT2D eigenvalue weighted by Crippen LogP contribution is -2.49. The van der Waals surface area contributed by atoms with Crippen LogP contribution in [0, 0.1) is 6.92 Å². The minimum Gasteiger partial charge on any atom is -0.319 e. The van der Waals surface area contributed by atoms with Crippen molar-refractivity contribution in [3.63, 3.8) is 0 Å². The fraction of sp³-hybridized carbons (Fsp3) is 0.583.